The molecule has 0 aliphatic carbocycles. The van der Waals surface area contributed by atoms with Crippen molar-refractivity contribution in [3.8, 4) is 11.3 Å². The second-order valence-electron chi connectivity index (χ2n) is 6.03. The molecule has 0 unspecified atom stereocenters. The van der Waals surface area contributed by atoms with Crippen LogP contribution >= 0.6 is 0 Å². The number of hydrogen-bond acceptors (Lipinski definition) is 4. The summed E-state index contributed by atoms with van der Waals surface area (Å²) in [7, 11) is 0. The summed E-state index contributed by atoms with van der Waals surface area (Å²) in [6.07, 6.45) is 1.80. The maximum absolute atomic E-state index is 13.5. The highest BCUT2D eigenvalue weighted by Gasteiger charge is 2.16. The fraction of sp³-hybridized carbons (Fsp3) is 0.150. The quantitative estimate of drug-likeness (QED) is 0.592. The number of hydrogen-bond donors (Lipinski definition) is 2. The predicted molar refractivity (Wildman–Crippen MR) is 98.2 cm³/mol. The van der Waals surface area contributed by atoms with E-state index in [1.807, 2.05) is 30.3 Å². The second-order valence-corrected chi connectivity index (χ2v) is 6.03. The highest BCUT2D eigenvalue weighted by atomic mass is 19.2. The van der Waals surface area contributed by atoms with E-state index in [1.54, 1.807) is 6.20 Å². The number of rotatable bonds is 7. The number of anilines is 1. The maximum Gasteiger partial charge on any atom is 0.243 e. The maximum atomic E-state index is 13.5. The zero-order valence-electron chi connectivity index (χ0n) is 15.0. The lowest BCUT2D eigenvalue weighted by molar-refractivity contribution is -0.124. The van der Waals surface area contributed by atoms with Gasteiger partial charge in [-0.2, -0.15) is 0 Å². The molecule has 6 nitrogen and oxygen atoms in total. The number of benzene rings is 2. The first-order chi connectivity index (χ1) is 13.9. The first-order valence-corrected chi connectivity index (χ1v) is 8.64. The first kappa shape index (κ1) is 20.1. The van der Waals surface area contributed by atoms with E-state index in [0.29, 0.717) is 17.7 Å². The minimum Gasteiger partial charge on any atom is -0.441 e. The molecule has 2 amide bonds. The Morgan fingerprint density at radius 2 is 1.72 bits per heavy atom. The summed E-state index contributed by atoms with van der Waals surface area (Å²) in [5.41, 5.74) is 0.341. The van der Waals surface area contributed by atoms with Gasteiger partial charge < -0.3 is 15.1 Å². The van der Waals surface area contributed by atoms with E-state index >= 15 is 0 Å². The van der Waals surface area contributed by atoms with Crippen molar-refractivity contribution in [3.63, 3.8) is 0 Å². The van der Waals surface area contributed by atoms with Gasteiger partial charge in [0.15, 0.2) is 29.1 Å². The molecule has 0 bridgehead atoms. The molecule has 0 saturated heterocycles. The highest BCUT2D eigenvalue weighted by molar-refractivity contribution is 5.94. The fourth-order valence-electron chi connectivity index (χ4n) is 2.47. The highest BCUT2D eigenvalue weighted by Crippen LogP contribution is 2.20. The first-order valence-electron chi connectivity index (χ1n) is 8.64. The normalized spacial score (nSPS) is 10.6. The molecule has 0 atom stereocenters. The van der Waals surface area contributed by atoms with Crippen molar-refractivity contribution in [3.05, 3.63) is 72.0 Å². The minimum absolute atomic E-state index is 0.0154. The molecule has 3 aromatic rings. The smallest absolute Gasteiger partial charge is 0.243 e. The molecule has 0 aliphatic rings. The molecule has 0 fully saturated rings. The molecular formula is C20H16F3N3O3. The van der Waals surface area contributed by atoms with E-state index in [4.69, 9.17) is 4.42 Å². The van der Waals surface area contributed by atoms with Crippen molar-refractivity contribution >= 4 is 17.5 Å². The van der Waals surface area contributed by atoms with Crippen LogP contribution in [0.4, 0.5) is 18.9 Å². The summed E-state index contributed by atoms with van der Waals surface area (Å²) in [6.45, 7) is -0.460. The van der Waals surface area contributed by atoms with Gasteiger partial charge in [0.25, 0.3) is 0 Å². The van der Waals surface area contributed by atoms with Gasteiger partial charge in [-0.25, -0.2) is 18.2 Å². The van der Waals surface area contributed by atoms with Gasteiger partial charge in [-0.05, 0) is 12.1 Å². The van der Waals surface area contributed by atoms with Crippen LogP contribution in [-0.4, -0.2) is 23.3 Å². The Balaban J connectivity index is 1.45. The molecule has 0 spiro atoms. The number of aryl methyl sites for hydroxylation is 1. The van der Waals surface area contributed by atoms with Crippen LogP contribution < -0.4 is 10.6 Å². The van der Waals surface area contributed by atoms with Crippen LogP contribution in [0.25, 0.3) is 11.3 Å². The van der Waals surface area contributed by atoms with Crippen LogP contribution in [0, 0.1) is 17.5 Å². The van der Waals surface area contributed by atoms with Crippen molar-refractivity contribution in [2.24, 2.45) is 0 Å². The number of carbonyl (C=O) groups excluding carboxylic acids is 2. The molecular weight excluding hydrogens is 387 g/mol. The predicted octanol–water partition coefficient (Wildman–Crippen LogP) is 3.45. The summed E-state index contributed by atoms with van der Waals surface area (Å²) in [6, 6.07) is 10.9. The van der Waals surface area contributed by atoms with Crippen molar-refractivity contribution in [2.75, 3.05) is 11.9 Å². The monoisotopic (exact) mass is 403 g/mol. The lowest BCUT2D eigenvalue weighted by atomic mass is 10.2. The summed E-state index contributed by atoms with van der Waals surface area (Å²) >= 11 is 0. The van der Waals surface area contributed by atoms with Crippen LogP contribution in [0.15, 0.2) is 53.1 Å². The Morgan fingerprint density at radius 1 is 0.966 bits per heavy atom. The second kappa shape index (κ2) is 9.05. The third kappa shape index (κ3) is 5.22. The third-order valence-electron chi connectivity index (χ3n) is 3.93. The van der Waals surface area contributed by atoms with Crippen LogP contribution in [0.1, 0.15) is 12.3 Å². The standard InChI is InChI=1S/C20H16F3N3O3/c21-13-6-7-14(20(23)19(13)22)26-17(28)11-24-16(27)8-9-18-25-10-15(29-18)12-4-2-1-3-5-12/h1-7,10H,8-9,11H2,(H,24,27)(H,26,28). The molecule has 1 heterocycles. The van der Waals surface area contributed by atoms with Gasteiger partial charge in [-0.15, -0.1) is 0 Å². The Labute approximate surface area is 163 Å². The van der Waals surface area contributed by atoms with Crippen LogP contribution in [0.2, 0.25) is 0 Å². The number of nitrogens with one attached hydrogen (secondary N) is 2. The van der Waals surface area contributed by atoms with E-state index in [0.717, 1.165) is 11.6 Å². The Bertz CT molecular complexity index is 1020. The topological polar surface area (TPSA) is 84.2 Å². The molecule has 0 aliphatic heterocycles. The van der Waals surface area contributed by atoms with Gasteiger partial charge >= 0.3 is 0 Å². The van der Waals surface area contributed by atoms with Crippen LogP contribution in [0.5, 0.6) is 0 Å². The molecule has 150 valence electrons. The molecule has 29 heavy (non-hydrogen) atoms. The number of halogens is 3. The van der Waals surface area contributed by atoms with E-state index < -0.39 is 41.5 Å². The molecule has 1 aromatic heterocycles. The minimum atomic E-state index is -1.69. The zero-order chi connectivity index (χ0) is 20.8. The van der Waals surface area contributed by atoms with Gasteiger partial charge in [0, 0.05) is 18.4 Å². The van der Waals surface area contributed by atoms with E-state index in [-0.39, 0.29) is 12.8 Å². The number of nitrogens with zero attached hydrogens (tertiary/aromatic N) is 1. The van der Waals surface area contributed by atoms with Gasteiger partial charge in [-0.1, -0.05) is 30.3 Å². The molecule has 0 radical (unpaired) electrons. The Morgan fingerprint density at radius 3 is 2.48 bits per heavy atom. The average Bonchev–Trinajstić information content (AvgIpc) is 3.21. The van der Waals surface area contributed by atoms with Crippen LogP contribution in [0.3, 0.4) is 0 Å². The number of carbonyl (C=O) groups is 2. The molecule has 3 rings (SSSR count). The van der Waals surface area contributed by atoms with Gasteiger partial charge in [0.1, 0.15) is 0 Å². The summed E-state index contributed by atoms with van der Waals surface area (Å²) < 4.78 is 45.1. The van der Waals surface area contributed by atoms with Crippen molar-refractivity contribution in [1.29, 1.82) is 0 Å². The number of amides is 2. The van der Waals surface area contributed by atoms with E-state index in [1.165, 1.54) is 0 Å². The summed E-state index contributed by atoms with van der Waals surface area (Å²) in [5.74, 6) is -4.86. The fourth-order valence-corrected chi connectivity index (χ4v) is 2.47. The lowest BCUT2D eigenvalue weighted by Crippen LogP contribution is -2.33. The summed E-state index contributed by atoms with van der Waals surface area (Å²) in [5, 5.41) is 4.41. The zero-order valence-corrected chi connectivity index (χ0v) is 15.0. The summed E-state index contributed by atoms with van der Waals surface area (Å²) in [4.78, 5) is 27.7. The molecule has 2 aromatic carbocycles. The van der Waals surface area contributed by atoms with E-state index in [9.17, 15) is 22.8 Å². The number of aromatic nitrogens is 1. The van der Waals surface area contributed by atoms with Gasteiger partial charge in [0.05, 0.1) is 18.4 Å². The van der Waals surface area contributed by atoms with Crippen molar-refractivity contribution in [2.45, 2.75) is 12.8 Å². The Kier molecular flexibility index (Phi) is 6.28. The lowest BCUT2D eigenvalue weighted by Gasteiger charge is -2.08. The third-order valence-corrected chi connectivity index (χ3v) is 3.93. The SMILES string of the molecule is O=C(CCc1ncc(-c2ccccc2)o1)NCC(=O)Nc1ccc(F)c(F)c1F. The average molecular weight is 403 g/mol. The molecule has 0 saturated carbocycles. The number of oxazole rings is 1. The van der Waals surface area contributed by atoms with Gasteiger partial charge in [0.2, 0.25) is 11.8 Å². The molecule has 2 N–H and O–H groups in total. The molecule has 9 heteroatoms. The van der Waals surface area contributed by atoms with Gasteiger partial charge in [-0.3, -0.25) is 9.59 Å². The van der Waals surface area contributed by atoms with Crippen molar-refractivity contribution < 1.29 is 27.2 Å². The largest absolute Gasteiger partial charge is 0.441 e. The van der Waals surface area contributed by atoms with E-state index in [2.05, 4.69) is 15.6 Å². The van der Waals surface area contributed by atoms with Crippen molar-refractivity contribution in [1.82, 2.24) is 10.3 Å². The van der Waals surface area contributed by atoms with Crippen LogP contribution in [-0.2, 0) is 16.0 Å². The Hall–Kier alpha value is -3.62.